The van der Waals surface area contributed by atoms with Crippen LogP contribution in [0.25, 0.3) is 0 Å². The number of nitrogens with zero attached hydrogens (tertiary/aromatic N) is 2. The van der Waals surface area contributed by atoms with Crippen molar-refractivity contribution in [3.8, 4) is 0 Å². The summed E-state index contributed by atoms with van der Waals surface area (Å²) in [5, 5.41) is 3.38. The number of hydrogen-bond donors (Lipinski definition) is 1. The van der Waals surface area contributed by atoms with Crippen molar-refractivity contribution in [2.45, 2.75) is 33.9 Å². The van der Waals surface area contributed by atoms with Crippen LogP contribution in [0.15, 0.2) is 24.4 Å². The van der Waals surface area contributed by atoms with Crippen LogP contribution in [0.5, 0.6) is 0 Å². The summed E-state index contributed by atoms with van der Waals surface area (Å²) in [4.78, 5) is 4.45. The van der Waals surface area contributed by atoms with E-state index in [1.807, 2.05) is 6.20 Å². The third-order valence-corrected chi connectivity index (χ3v) is 3.55. The van der Waals surface area contributed by atoms with E-state index in [1.54, 1.807) is 7.11 Å². The molecule has 0 fully saturated rings. The van der Waals surface area contributed by atoms with E-state index >= 15 is 0 Å². The van der Waals surface area contributed by atoms with E-state index in [0.717, 1.165) is 32.1 Å². The second-order valence-corrected chi connectivity index (χ2v) is 5.55. The number of aryl methyl sites for hydroxylation is 3. The minimum absolute atomic E-state index is 0.726. The van der Waals surface area contributed by atoms with Crippen LogP contribution in [0.1, 0.15) is 28.2 Å². The SMILES string of the molecule is COCCNCc1cnc(C)n1Cc1cc(C)cc(C)c1. The van der Waals surface area contributed by atoms with Gasteiger partial charge in [0.2, 0.25) is 0 Å². The number of methoxy groups -OCH3 is 1. The molecule has 4 heteroatoms. The first-order valence-electron chi connectivity index (χ1n) is 7.38. The molecule has 0 saturated carbocycles. The Balaban J connectivity index is 2.10. The van der Waals surface area contributed by atoms with E-state index in [-0.39, 0.29) is 0 Å². The van der Waals surface area contributed by atoms with Crippen molar-refractivity contribution in [3.05, 3.63) is 52.6 Å². The molecule has 0 amide bonds. The van der Waals surface area contributed by atoms with Crippen molar-refractivity contribution < 1.29 is 4.74 Å². The fourth-order valence-corrected chi connectivity index (χ4v) is 2.61. The molecule has 114 valence electrons. The van der Waals surface area contributed by atoms with Crippen LogP contribution >= 0.6 is 0 Å². The van der Waals surface area contributed by atoms with E-state index in [9.17, 15) is 0 Å². The molecule has 4 nitrogen and oxygen atoms in total. The van der Waals surface area contributed by atoms with Crippen LogP contribution in [-0.4, -0.2) is 29.8 Å². The van der Waals surface area contributed by atoms with Gasteiger partial charge in [-0.3, -0.25) is 0 Å². The average molecular weight is 287 g/mol. The quantitative estimate of drug-likeness (QED) is 0.796. The molecule has 0 aliphatic rings. The van der Waals surface area contributed by atoms with Crippen LogP contribution in [0.3, 0.4) is 0 Å². The Bertz CT molecular complexity index is 569. The van der Waals surface area contributed by atoms with Gasteiger partial charge in [0.25, 0.3) is 0 Å². The molecule has 1 heterocycles. The van der Waals surface area contributed by atoms with Gasteiger partial charge < -0.3 is 14.6 Å². The molecule has 0 atom stereocenters. The van der Waals surface area contributed by atoms with Crippen molar-refractivity contribution >= 4 is 0 Å². The largest absolute Gasteiger partial charge is 0.383 e. The number of benzene rings is 1. The van der Waals surface area contributed by atoms with Crippen LogP contribution in [-0.2, 0) is 17.8 Å². The highest BCUT2D eigenvalue weighted by atomic mass is 16.5. The molecule has 1 aromatic heterocycles. The second kappa shape index (κ2) is 7.38. The Morgan fingerprint density at radius 3 is 2.52 bits per heavy atom. The number of aromatic nitrogens is 2. The lowest BCUT2D eigenvalue weighted by molar-refractivity contribution is 0.199. The molecule has 0 bridgehead atoms. The molecule has 1 aromatic carbocycles. The predicted octanol–water partition coefficient (Wildman–Crippen LogP) is 2.59. The predicted molar refractivity (Wildman–Crippen MR) is 85.6 cm³/mol. The van der Waals surface area contributed by atoms with Crippen LogP contribution in [0.2, 0.25) is 0 Å². The molecule has 0 spiro atoms. The van der Waals surface area contributed by atoms with Gasteiger partial charge in [-0.1, -0.05) is 29.3 Å². The molecular formula is C17H25N3O. The normalized spacial score (nSPS) is 11.0. The maximum Gasteiger partial charge on any atom is 0.106 e. The lowest BCUT2D eigenvalue weighted by Crippen LogP contribution is -2.21. The van der Waals surface area contributed by atoms with Gasteiger partial charge in [-0.25, -0.2) is 4.98 Å². The van der Waals surface area contributed by atoms with E-state index < -0.39 is 0 Å². The molecule has 0 radical (unpaired) electrons. The summed E-state index contributed by atoms with van der Waals surface area (Å²) in [6, 6.07) is 6.70. The topological polar surface area (TPSA) is 39.1 Å². The van der Waals surface area contributed by atoms with Gasteiger partial charge in [-0.05, 0) is 26.3 Å². The van der Waals surface area contributed by atoms with Crippen LogP contribution in [0.4, 0.5) is 0 Å². The monoisotopic (exact) mass is 287 g/mol. The third-order valence-electron chi connectivity index (χ3n) is 3.55. The Hall–Kier alpha value is -1.65. The average Bonchev–Trinajstić information content (AvgIpc) is 2.75. The lowest BCUT2D eigenvalue weighted by atomic mass is 10.1. The van der Waals surface area contributed by atoms with E-state index in [4.69, 9.17) is 4.74 Å². The van der Waals surface area contributed by atoms with Gasteiger partial charge in [0, 0.05) is 32.9 Å². The van der Waals surface area contributed by atoms with Gasteiger partial charge in [0.1, 0.15) is 5.82 Å². The standard InChI is InChI=1S/C17H25N3O/c1-13-7-14(2)9-16(8-13)12-20-15(3)19-11-17(20)10-18-5-6-21-4/h7-9,11,18H,5-6,10,12H2,1-4H3. The summed E-state index contributed by atoms with van der Waals surface area (Å²) < 4.78 is 7.32. The van der Waals surface area contributed by atoms with Crippen LogP contribution < -0.4 is 5.32 Å². The zero-order valence-electron chi connectivity index (χ0n) is 13.4. The zero-order chi connectivity index (χ0) is 15.2. The van der Waals surface area contributed by atoms with Crippen molar-refractivity contribution in [2.75, 3.05) is 20.3 Å². The maximum absolute atomic E-state index is 5.05. The van der Waals surface area contributed by atoms with Crippen molar-refractivity contribution in [1.29, 1.82) is 0 Å². The molecular weight excluding hydrogens is 262 g/mol. The van der Waals surface area contributed by atoms with Crippen molar-refractivity contribution in [2.24, 2.45) is 0 Å². The van der Waals surface area contributed by atoms with Gasteiger partial charge in [-0.15, -0.1) is 0 Å². The summed E-state index contributed by atoms with van der Waals surface area (Å²) in [5.41, 5.74) is 5.15. The Labute approximate surface area is 127 Å². The summed E-state index contributed by atoms with van der Waals surface area (Å²) in [6.07, 6.45) is 1.96. The Kier molecular flexibility index (Phi) is 5.53. The minimum Gasteiger partial charge on any atom is -0.383 e. The highest BCUT2D eigenvalue weighted by Crippen LogP contribution is 2.13. The van der Waals surface area contributed by atoms with Crippen LogP contribution in [0, 0.1) is 20.8 Å². The summed E-state index contributed by atoms with van der Waals surface area (Å²) in [7, 11) is 1.72. The van der Waals surface area contributed by atoms with Gasteiger partial charge in [-0.2, -0.15) is 0 Å². The van der Waals surface area contributed by atoms with E-state index in [0.29, 0.717) is 0 Å². The molecule has 2 rings (SSSR count). The van der Waals surface area contributed by atoms with Gasteiger partial charge in [0.15, 0.2) is 0 Å². The summed E-state index contributed by atoms with van der Waals surface area (Å²) in [5.74, 6) is 1.05. The molecule has 0 aliphatic heterocycles. The Morgan fingerprint density at radius 2 is 1.86 bits per heavy atom. The molecule has 0 saturated heterocycles. The molecule has 1 N–H and O–H groups in total. The first-order valence-corrected chi connectivity index (χ1v) is 7.38. The Morgan fingerprint density at radius 1 is 1.14 bits per heavy atom. The highest BCUT2D eigenvalue weighted by Gasteiger charge is 2.07. The number of imidazole rings is 1. The first-order chi connectivity index (χ1) is 10.1. The van der Waals surface area contributed by atoms with Gasteiger partial charge in [0.05, 0.1) is 12.3 Å². The molecule has 0 unspecified atom stereocenters. The molecule has 21 heavy (non-hydrogen) atoms. The highest BCUT2D eigenvalue weighted by molar-refractivity contribution is 5.29. The number of nitrogens with one attached hydrogen (secondary N) is 1. The molecule has 2 aromatic rings. The number of rotatable bonds is 7. The fourth-order valence-electron chi connectivity index (χ4n) is 2.61. The maximum atomic E-state index is 5.05. The van der Waals surface area contributed by atoms with Gasteiger partial charge >= 0.3 is 0 Å². The van der Waals surface area contributed by atoms with E-state index in [2.05, 4.69) is 53.8 Å². The number of hydrogen-bond acceptors (Lipinski definition) is 3. The van der Waals surface area contributed by atoms with Crippen molar-refractivity contribution in [3.63, 3.8) is 0 Å². The minimum atomic E-state index is 0.726. The van der Waals surface area contributed by atoms with Crippen molar-refractivity contribution in [1.82, 2.24) is 14.9 Å². The molecule has 0 aliphatic carbocycles. The lowest BCUT2D eigenvalue weighted by Gasteiger charge is -2.12. The van der Waals surface area contributed by atoms with E-state index in [1.165, 1.54) is 22.4 Å². The first kappa shape index (κ1) is 15.7. The second-order valence-electron chi connectivity index (χ2n) is 5.55. The zero-order valence-corrected chi connectivity index (χ0v) is 13.4. The number of ether oxygens (including phenoxy) is 1. The summed E-state index contributed by atoms with van der Waals surface area (Å²) in [6.45, 7) is 9.61. The third kappa shape index (κ3) is 4.41. The smallest absolute Gasteiger partial charge is 0.106 e. The fraction of sp³-hybridized carbons (Fsp3) is 0.471. The summed E-state index contributed by atoms with van der Waals surface area (Å²) >= 11 is 0.